The van der Waals surface area contributed by atoms with Crippen LogP contribution in [0.5, 0.6) is 5.75 Å². The van der Waals surface area contributed by atoms with Crippen LogP contribution in [0, 0.1) is 12.8 Å². The molecule has 1 N–H and O–H groups in total. The summed E-state index contributed by atoms with van der Waals surface area (Å²) in [7, 11) is 0. The van der Waals surface area contributed by atoms with Gasteiger partial charge in [0.15, 0.2) is 0 Å². The van der Waals surface area contributed by atoms with Gasteiger partial charge < -0.3 is 19.8 Å². The molecule has 0 radical (unpaired) electrons. The summed E-state index contributed by atoms with van der Waals surface area (Å²) in [6.45, 7) is 5.66. The van der Waals surface area contributed by atoms with Gasteiger partial charge in [-0.25, -0.2) is 0 Å². The maximum atomic E-state index is 13.0. The van der Waals surface area contributed by atoms with E-state index >= 15 is 0 Å². The zero-order valence-corrected chi connectivity index (χ0v) is 16.8. The quantitative estimate of drug-likeness (QED) is 0.866. The number of anilines is 1. The van der Waals surface area contributed by atoms with Crippen LogP contribution in [-0.2, 0) is 16.1 Å². The van der Waals surface area contributed by atoms with Crippen LogP contribution in [0.25, 0.3) is 0 Å². The molecular weight excluding hydrogens is 366 g/mol. The molecular formula is C23H27N3O3. The number of aryl methyl sites for hydroxylation is 1. The van der Waals surface area contributed by atoms with E-state index in [0.29, 0.717) is 45.7 Å². The van der Waals surface area contributed by atoms with Gasteiger partial charge in [0.1, 0.15) is 5.75 Å². The molecule has 6 heteroatoms. The average Bonchev–Trinajstić information content (AvgIpc) is 3.10. The van der Waals surface area contributed by atoms with Crippen molar-refractivity contribution in [3.05, 3.63) is 59.7 Å². The Kier molecular flexibility index (Phi) is 5.43. The number of amides is 2. The summed E-state index contributed by atoms with van der Waals surface area (Å²) in [6.07, 6.45) is 0.296. The van der Waals surface area contributed by atoms with Crippen molar-refractivity contribution in [2.45, 2.75) is 19.9 Å². The second kappa shape index (κ2) is 8.15. The molecule has 0 saturated carbocycles. The van der Waals surface area contributed by atoms with E-state index in [1.54, 1.807) is 17.0 Å². The van der Waals surface area contributed by atoms with Crippen molar-refractivity contribution in [1.29, 1.82) is 0 Å². The van der Waals surface area contributed by atoms with E-state index in [1.807, 2.05) is 48.2 Å². The second-order valence-electron chi connectivity index (χ2n) is 7.96. The summed E-state index contributed by atoms with van der Waals surface area (Å²) in [4.78, 5) is 31.2. The fourth-order valence-corrected chi connectivity index (χ4v) is 4.16. The van der Waals surface area contributed by atoms with E-state index in [1.165, 1.54) is 5.56 Å². The molecule has 2 aliphatic rings. The Morgan fingerprint density at radius 2 is 1.72 bits per heavy atom. The molecule has 0 aromatic heterocycles. The first-order valence-corrected chi connectivity index (χ1v) is 10.2. The minimum Gasteiger partial charge on any atom is -0.506 e. The maximum Gasteiger partial charge on any atom is 0.228 e. The van der Waals surface area contributed by atoms with Gasteiger partial charge in [-0.05, 0) is 24.6 Å². The number of nitrogens with zero attached hydrogens (tertiary/aromatic N) is 3. The van der Waals surface area contributed by atoms with Gasteiger partial charge in [0.25, 0.3) is 0 Å². The Hall–Kier alpha value is -3.02. The van der Waals surface area contributed by atoms with Gasteiger partial charge in [0.05, 0.1) is 11.6 Å². The van der Waals surface area contributed by atoms with Gasteiger partial charge in [-0.2, -0.15) is 0 Å². The van der Waals surface area contributed by atoms with E-state index in [9.17, 15) is 14.7 Å². The molecule has 0 aliphatic carbocycles. The van der Waals surface area contributed by atoms with Crippen LogP contribution in [-0.4, -0.2) is 59.4 Å². The highest BCUT2D eigenvalue weighted by Gasteiger charge is 2.37. The molecule has 2 aromatic rings. The number of para-hydroxylation sites is 2. The highest BCUT2D eigenvalue weighted by atomic mass is 16.3. The molecule has 2 aromatic carbocycles. The summed E-state index contributed by atoms with van der Waals surface area (Å²) in [5.74, 6) is 0.128. The van der Waals surface area contributed by atoms with Crippen LogP contribution in [0.1, 0.15) is 17.5 Å². The Morgan fingerprint density at radius 3 is 2.41 bits per heavy atom. The van der Waals surface area contributed by atoms with Crippen LogP contribution in [0.15, 0.2) is 48.5 Å². The predicted octanol–water partition coefficient (Wildman–Crippen LogP) is 2.40. The highest BCUT2D eigenvalue weighted by Crippen LogP contribution is 2.28. The van der Waals surface area contributed by atoms with Crippen LogP contribution < -0.4 is 4.90 Å². The number of hydrogen-bond donors (Lipinski definition) is 1. The van der Waals surface area contributed by atoms with Crippen LogP contribution in [0.4, 0.5) is 5.69 Å². The van der Waals surface area contributed by atoms with Crippen LogP contribution >= 0.6 is 0 Å². The van der Waals surface area contributed by atoms with Crippen LogP contribution in [0.3, 0.4) is 0 Å². The molecule has 2 aliphatic heterocycles. The fourth-order valence-electron chi connectivity index (χ4n) is 4.16. The Labute approximate surface area is 171 Å². The summed E-state index contributed by atoms with van der Waals surface area (Å²) >= 11 is 0. The molecule has 6 nitrogen and oxygen atoms in total. The summed E-state index contributed by atoms with van der Waals surface area (Å²) < 4.78 is 0. The molecule has 0 spiro atoms. The van der Waals surface area contributed by atoms with Crippen molar-refractivity contribution in [3.8, 4) is 5.75 Å². The smallest absolute Gasteiger partial charge is 0.228 e. The van der Waals surface area contributed by atoms with Crippen molar-refractivity contribution in [2.24, 2.45) is 5.92 Å². The number of hydrogen-bond acceptors (Lipinski definition) is 4. The minimum atomic E-state index is -0.260. The van der Waals surface area contributed by atoms with Crippen molar-refractivity contribution in [3.63, 3.8) is 0 Å². The van der Waals surface area contributed by atoms with Crippen LogP contribution in [0.2, 0.25) is 0 Å². The first-order chi connectivity index (χ1) is 14.0. The molecule has 152 valence electrons. The number of aromatic hydroxyl groups is 1. The molecule has 1 atom stereocenters. The van der Waals surface area contributed by atoms with Crippen molar-refractivity contribution in [2.75, 3.05) is 37.6 Å². The number of likely N-dealkylation sites (tertiary alicyclic amines) is 1. The van der Waals surface area contributed by atoms with Gasteiger partial charge in [0, 0.05) is 45.7 Å². The lowest BCUT2D eigenvalue weighted by Crippen LogP contribution is -2.50. The standard InChI is InChI=1S/C23H27N3O3/c1-17-6-8-18(9-7-17)15-26-16-19(14-22(26)28)23(29)25-12-10-24(11-13-25)20-4-2-3-5-21(20)27/h2-9,19,27H,10-16H2,1H3/t19-/m1/s1. The lowest BCUT2D eigenvalue weighted by atomic mass is 10.1. The summed E-state index contributed by atoms with van der Waals surface area (Å²) in [6, 6.07) is 15.4. The van der Waals surface area contributed by atoms with Gasteiger partial charge in [-0.15, -0.1) is 0 Å². The Morgan fingerprint density at radius 1 is 1.03 bits per heavy atom. The van der Waals surface area contributed by atoms with E-state index < -0.39 is 0 Å². The summed E-state index contributed by atoms with van der Waals surface area (Å²) in [5.41, 5.74) is 3.09. The molecule has 0 unspecified atom stereocenters. The third kappa shape index (κ3) is 4.21. The Balaban J connectivity index is 1.33. The third-order valence-corrected chi connectivity index (χ3v) is 5.87. The van der Waals surface area contributed by atoms with Crippen molar-refractivity contribution >= 4 is 17.5 Å². The zero-order chi connectivity index (χ0) is 20.4. The first-order valence-electron chi connectivity index (χ1n) is 10.2. The van der Waals surface area contributed by atoms with Crippen molar-refractivity contribution < 1.29 is 14.7 Å². The molecule has 2 fully saturated rings. The van der Waals surface area contributed by atoms with Gasteiger partial charge in [-0.1, -0.05) is 42.0 Å². The normalized spacial score (nSPS) is 19.7. The molecule has 2 saturated heterocycles. The minimum absolute atomic E-state index is 0.0526. The predicted molar refractivity (Wildman–Crippen MR) is 112 cm³/mol. The molecule has 0 bridgehead atoms. The third-order valence-electron chi connectivity index (χ3n) is 5.87. The lowest BCUT2D eigenvalue weighted by Gasteiger charge is -2.37. The highest BCUT2D eigenvalue weighted by molar-refractivity contribution is 5.89. The average molecular weight is 393 g/mol. The largest absolute Gasteiger partial charge is 0.506 e. The second-order valence-corrected chi connectivity index (χ2v) is 7.96. The molecule has 4 rings (SSSR count). The van der Waals surface area contributed by atoms with E-state index in [0.717, 1.165) is 11.3 Å². The van der Waals surface area contributed by atoms with E-state index in [-0.39, 0.29) is 23.5 Å². The topological polar surface area (TPSA) is 64.1 Å². The number of carbonyl (C=O) groups excluding carboxylic acids is 2. The number of benzene rings is 2. The maximum absolute atomic E-state index is 13.0. The number of phenols is 1. The fraction of sp³-hybridized carbons (Fsp3) is 0.391. The monoisotopic (exact) mass is 393 g/mol. The zero-order valence-electron chi connectivity index (χ0n) is 16.8. The lowest BCUT2D eigenvalue weighted by molar-refractivity contribution is -0.136. The van der Waals surface area contributed by atoms with Gasteiger partial charge in [0.2, 0.25) is 11.8 Å². The SMILES string of the molecule is Cc1ccc(CN2C[C@H](C(=O)N3CCN(c4ccccc4O)CC3)CC2=O)cc1. The number of piperazine rings is 1. The van der Waals surface area contributed by atoms with Gasteiger partial charge >= 0.3 is 0 Å². The van der Waals surface area contributed by atoms with E-state index in [2.05, 4.69) is 4.90 Å². The molecule has 2 heterocycles. The number of carbonyl (C=O) groups is 2. The molecule has 29 heavy (non-hydrogen) atoms. The van der Waals surface area contributed by atoms with Crippen molar-refractivity contribution in [1.82, 2.24) is 9.80 Å². The van der Waals surface area contributed by atoms with E-state index in [4.69, 9.17) is 0 Å². The van der Waals surface area contributed by atoms with Gasteiger partial charge in [-0.3, -0.25) is 9.59 Å². The first kappa shape index (κ1) is 19.3. The summed E-state index contributed by atoms with van der Waals surface area (Å²) in [5, 5.41) is 10.0. The number of rotatable bonds is 4. The Bertz CT molecular complexity index is 888. The molecule has 2 amide bonds. The number of phenolic OH excluding ortho intramolecular Hbond substituents is 1.